The van der Waals surface area contributed by atoms with E-state index in [9.17, 15) is 9.59 Å². The standard InChI is InChI=1S/C10H9NO2.C2H6/c12-9-5-6-10(13)11-8-4-2-1-3-7(8)9;1-2/h1-4H,5-6H2,(H,11,13);1-2H3. The molecule has 1 aliphatic heterocycles. The molecule has 3 nitrogen and oxygen atoms in total. The fraction of sp³-hybridized carbons (Fsp3) is 0.333. The molecule has 0 spiro atoms. The molecule has 0 unspecified atom stereocenters. The number of nitrogens with one attached hydrogen (secondary N) is 1. The minimum Gasteiger partial charge on any atom is -0.325 e. The summed E-state index contributed by atoms with van der Waals surface area (Å²) in [6.07, 6.45) is 0.594. The Kier molecular flexibility index (Phi) is 4.03. The Bertz CT molecular complexity index is 372. The number of carbonyl (C=O) groups is 2. The van der Waals surface area contributed by atoms with Crippen molar-refractivity contribution < 1.29 is 9.59 Å². The molecule has 1 aliphatic rings. The van der Waals surface area contributed by atoms with Crippen molar-refractivity contribution >= 4 is 17.4 Å². The topological polar surface area (TPSA) is 46.2 Å². The molecule has 0 radical (unpaired) electrons. The van der Waals surface area contributed by atoms with Gasteiger partial charge in [0.25, 0.3) is 0 Å². The van der Waals surface area contributed by atoms with E-state index in [1.807, 2.05) is 13.8 Å². The van der Waals surface area contributed by atoms with Crippen molar-refractivity contribution in [2.45, 2.75) is 26.7 Å². The number of hydrogen-bond donors (Lipinski definition) is 1. The SMILES string of the molecule is CC.O=C1CCC(=O)c2ccccc2N1. The zero-order chi connectivity index (χ0) is 11.3. The summed E-state index contributed by atoms with van der Waals surface area (Å²) < 4.78 is 0. The number of Topliss-reactive ketones (excluding diaryl/α,β-unsaturated/α-hetero) is 1. The Balaban J connectivity index is 0.000000531. The summed E-state index contributed by atoms with van der Waals surface area (Å²) in [6, 6.07) is 7.09. The van der Waals surface area contributed by atoms with E-state index in [4.69, 9.17) is 0 Å². The van der Waals surface area contributed by atoms with Crippen LogP contribution < -0.4 is 5.32 Å². The number of ketones is 1. The van der Waals surface area contributed by atoms with Crippen LogP contribution in [0.15, 0.2) is 24.3 Å². The molecule has 15 heavy (non-hydrogen) atoms. The van der Waals surface area contributed by atoms with Gasteiger partial charge in [-0.1, -0.05) is 26.0 Å². The zero-order valence-corrected chi connectivity index (χ0v) is 9.04. The second kappa shape index (κ2) is 5.29. The summed E-state index contributed by atoms with van der Waals surface area (Å²) in [6.45, 7) is 4.00. The van der Waals surface area contributed by atoms with Gasteiger partial charge in [0.1, 0.15) is 0 Å². The van der Waals surface area contributed by atoms with Gasteiger partial charge >= 0.3 is 0 Å². The van der Waals surface area contributed by atoms with Crippen molar-refractivity contribution in [1.29, 1.82) is 0 Å². The van der Waals surface area contributed by atoms with Gasteiger partial charge in [-0.15, -0.1) is 0 Å². The number of anilines is 1. The number of hydrogen-bond acceptors (Lipinski definition) is 2. The zero-order valence-electron chi connectivity index (χ0n) is 9.04. The normalized spacial score (nSPS) is 14.3. The molecule has 0 bridgehead atoms. The Labute approximate surface area is 89.5 Å². The van der Waals surface area contributed by atoms with E-state index in [2.05, 4.69) is 5.32 Å². The van der Waals surface area contributed by atoms with E-state index in [0.717, 1.165) is 0 Å². The van der Waals surface area contributed by atoms with Gasteiger partial charge in [0.05, 0.1) is 5.69 Å². The maximum absolute atomic E-state index is 11.5. The highest BCUT2D eigenvalue weighted by Gasteiger charge is 2.18. The molecule has 0 fully saturated rings. The van der Waals surface area contributed by atoms with Crippen molar-refractivity contribution in [3.63, 3.8) is 0 Å². The van der Waals surface area contributed by atoms with Gasteiger partial charge in [-0.05, 0) is 12.1 Å². The first-order valence-corrected chi connectivity index (χ1v) is 5.19. The molecule has 1 heterocycles. The predicted molar refractivity (Wildman–Crippen MR) is 60.0 cm³/mol. The molecular formula is C12H15NO2. The van der Waals surface area contributed by atoms with Crippen LogP contribution in [0.5, 0.6) is 0 Å². The van der Waals surface area contributed by atoms with E-state index < -0.39 is 0 Å². The lowest BCUT2D eigenvalue weighted by molar-refractivity contribution is -0.116. The number of para-hydroxylation sites is 1. The van der Waals surface area contributed by atoms with Gasteiger partial charge in [0, 0.05) is 18.4 Å². The molecule has 3 heteroatoms. The molecule has 0 saturated carbocycles. The van der Waals surface area contributed by atoms with E-state index in [0.29, 0.717) is 17.7 Å². The second-order valence-corrected chi connectivity index (χ2v) is 3.02. The third kappa shape index (κ3) is 2.65. The Morgan fingerprint density at radius 2 is 1.73 bits per heavy atom. The highest BCUT2D eigenvalue weighted by molar-refractivity contribution is 6.08. The molecule has 1 amide bonds. The van der Waals surface area contributed by atoms with E-state index in [1.54, 1.807) is 24.3 Å². The Morgan fingerprint density at radius 1 is 1.07 bits per heavy atom. The third-order valence-corrected chi connectivity index (χ3v) is 2.08. The van der Waals surface area contributed by atoms with Gasteiger partial charge in [-0.3, -0.25) is 9.59 Å². The van der Waals surface area contributed by atoms with Crippen LogP contribution in [0.4, 0.5) is 5.69 Å². The third-order valence-electron chi connectivity index (χ3n) is 2.08. The Morgan fingerprint density at radius 3 is 2.47 bits per heavy atom. The number of benzene rings is 1. The molecule has 2 rings (SSSR count). The number of fused-ring (bicyclic) bond motifs is 1. The van der Waals surface area contributed by atoms with Crippen LogP contribution in [-0.2, 0) is 4.79 Å². The van der Waals surface area contributed by atoms with Crippen molar-refractivity contribution in [3.05, 3.63) is 29.8 Å². The van der Waals surface area contributed by atoms with Gasteiger partial charge in [0.2, 0.25) is 5.91 Å². The lowest BCUT2D eigenvalue weighted by Gasteiger charge is -2.03. The average molecular weight is 205 g/mol. The van der Waals surface area contributed by atoms with Crippen LogP contribution in [0.1, 0.15) is 37.0 Å². The first-order valence-electron chi connectivity index (χ1n) is 5.19. The van der Waals surface area contributed by atoms with Gasteiger partial charge < -0.3 is 5.32 Å². The van der Waals surface area contributed by atoms with Crippen molar-refractivity contribution in [1.82, 2.24) is 0 Å². The maximum Gasteiger partial charge on any atom is 0.224 e. The fourth-order valence-corrected chi connectivity index (χ4v) is 1.41. The minimum atomic E-state index is -0.0849. The molecule has 1 aromatic rings. The van der Waals surface area contributed by atoms with Crippen LogP contribution in [0.2, 0.25) is 0 Å². The highest BCUT2D eigenvalue weighted by Crippen LogP contribution is 2.20. The Hall–Kier alpha value is -1.64. The first-order chi connectivity index (χ1) is 7.27. The number of amides is 1. The summed E-state index contributed by atoms with van der Waals surface area (Å²) in [5.74, 6) is -0.0488. The number of carbonyl (C=O) groups excluding carboxylic acids is 2. The molecule has 0 saturated heterocycles. The number of rotatable bonds is 0. The molecule has 1 N–H and O–H groups in total. The lowest BCUT2D eigenvalue weighted by atomic mass is 10.1. The smallest absolute Gasteiger partial charge is 0.224 e. The molecule has 1 aromatic carbocycles. The van der Waals surface area contributed by atoms with Gasteiger partial charge in [-0.2, -0.15) is 0 Å². The van der Waals surface area contributed by atoms with E-state index >= 15 is 0 Å². The molecular weight excluding hydrogens is 190 g/mol. The molecule has 0 aromatic heterocycles. The summed E-state index contributed by atoms with van der Waals surface area (Å²) >= 11 is 0. The lowest BCUT2D eigenvalue weighted by Crippen LogP contribution is -2.08. The van der Waals surface area contributed by atoms with Crippen LogP contribution in [0.3, 0.4) is 0 Å². The van der Waals surface area contributed by atoms with Gasteiger partial charge in [0.15, 0.2) is 5.78 Å². The van der Waals surface area contributed by atoms with E-state index in [1.165, 1.54) is 0 Å². The summed E-state index contributed by atoms with van der Waals surface area (Å²) in [5, 5.41) is 2.69. The summed E-state index contributed by atoms with van der Waals surface area (Å²) in [5.41, 5.74) is 1.25. The minimum absolute atomic E-state index is 0.0361. The second-order valence-electron chi connectivity index (χ2n) is 3.02. The quantitative estimate of drug-likeness (QED) is 0.707. The largest absolute Gasteiger partial charge is 0.325 e. The molecule has 0 atom stereocenters. The molecule has 0 aliphatic carbocycles. The monoisotopic (exact) mass is 205 g/mol. The predicted octanol–water partition coefficient (Wildman–Crippen LogP) is 2.63. The first kappa shape index (κ1) is 11.4. The van der Waals surface area contributed by atoms with Gasteiger partial charge in [-0.25, -0.2) is 0 Å². The highest BCUT2D eigenvalue weighted by atomic mass is 16.2. The van der Waals surface area contributed by atoms with Crippen LogP contribution in [0.25, 0.3) is 0 Å². The summed E-state index contributed by atoms with van der Waals surface area (Å²) in [4.78, 5) is 22.6. The van der Waals surface area contributed by atoms with Crippen LogP contribution in [0, 0.1) is 0 Å². The van der Waals surface area contributed by atoms with Crippen molar-refractivity contribution in [3.8, 4) is 0 Å². The van der Waals surface area contributed by atoms with Crippen molar-refractivity contribution in [2.24, 2.45) is 0 Å². The van der Waals surface area contributed by atoms with Crippen LogP contribution in [-0.4, -0.2) is 11.7 Å². The fourth-order valence-electron chi connectivity index (χ4n) is 1.41. The molecule has 80 valence electrons. The maximum atomic E-state index is 11.5. The van der Waals surface area contributed by atoms with Crippen LogP contribution >= 0.6 is 0 Å². The average Bonchev–Trinajstić information content (AvgIpc) is 2.42. The van der Waals surface area contributed by atoms with Crippen molar-refractivity contribution in [2.75, 3.05) is 5.32 Å². The van der Waals surface area contributed by atoms with E-state index in [-0.39, 0.29) is 18.1 Å². The summed E-state index contributed by atoms with van der Waals surface area (Å²) in [7, 11) is 0.